The molecule has 11 heavy (non-hydrogen) atoms. The summed E-state index contributed by atoms with van der Waals surface area (Å²) in [5, 5.41) is 0. The first-order valence-corrected chi connectivity index (χ1v) is 5.96. The molecule has 1 aromatic rings. The third-order valence-corrected chi connectivity index (χ3v) is 2.03. The minimum Gasteiger partial charge on any atom is -0.339 e. The van der Waals surface area contributed by atoms with E-state index in [1.165, 1.54) is 5.56 Å². The van der Waals surface area contributed by atoms with Gasteiger partial charge < -0.3 is 4.52 Å². The molecule has 0 spiro atoms. The van der Waals surface area contributed by atoms with Crippen LogP contribution >= 0.6 is 18.7 Å². The zero-order valence-corrected chi connectivity index (χ0v) is 7.98. The highest BCUT2D eigenvalue weighted by Gasteiger charge is 1.95. The minimum atomic E-state index is -0.752. The molecule has 3 heteroatoms. The van der Waals surface area contributed by atoms with Gasteiger partial charge in [-0.2, -0.15) is 0 Å². The monoisotopic (exact) mass is 188 g/mol. The van der Waals surface area contributed by atoms with E-state index >= 15 is 0 Å². The van der Waals surface area contributed by atoms with Gasteiger partial charge in [0.2, 0.25) is 0 Å². The first-order valence-electron chi connectivity index (χ1n) is 3.35. The molecular formula is C8H10ClOP. The SMILES string of the molecule is CP(Cl)OCc1ccccc1. The van der Waals surface area contributed by atoms with E-state index in [9.17, 15) is 0 Å². The van der Waals surface area contributed by atoms with E-state index in [0.717, 1.165) is 0 Å². The van der Waals surface area contributed by atoms with Crippen molar-refractivity contribution in [3.05, 3.63) is 35.9 Å². The molecule has 0 saturated heterocycles. The van der Waals surface area contributed by atoms with Gasteiger partial charge in [-0.15, -0.1) is 0 Å². The van der Waals surface area contributed by atoms with Crippen molar-refractivity contribution in [1.29, 1.82) is 0 Å². The summed E-state index contributed by atoms with van der Waals surface area (Å²) in [5.74, 6) is 0. The Labute approximate surface area is 73.0 Å². The quantitative estimate of drug-likeness (QED) is 0.661. The number of rotatable bonds is 3. The minimum absolute atomic E-state index is 0.618. The standard InChI is InChI=1S/C8H10ClOP/c1-11(9)10-7-8-5-3-2-4-6-8/h2-6H,7H2,1H3. The molecule has 0 fully saturated rings. The third-order valence-electron chi connectivity index (χ3n) is 1.25. The van der Waals surface area contributed by atoms with Gasteiger partial charge in [-0.1, -0.05) is 41.6 Å². The van der Waals surface area contributed by atoms with Crippen LogP contribution in [-0.2, 0) is 11.1 Å². The molecule has 1 unspecified atom stereocenters. The highest BCUT2D eigenvalue weighted by atomic mass is 35.7. The fourth-order valence-corrected chi connectivity index (χ4v) is 1.21. The van der Waals surface area contributed by atoms with Crippen molar-refractivity contribution in [1.82, 2.24) is 0 Å². The van der Waals surface area contributed by atoms with E-state index in [-0.39, 0.29) is 0 Å². The molecule has 0 aliphatic rings. The Morgan fingerprint density at radius 3 is 2.55 bits per heavy atom. The van der Waals surface area contributed by atoms with Crippen LogP contribution in [0.25, 0.3) is 0 Å². The van der Waals surface area contributed by atoms with Gasteiger partial charge in [-0.05, 0) is 12.2 Å². The summed E-state index contributed by atoms with van der Waals surface area (Å²) >= 11 is 5.67. The van der Waals surface area contributed by atoms with E-state index < -0.39 is 7.50 Å². The molecule has 0 amide bonds. The number of benzene rings is 1. The van der Waals surface area contributed by atoms with Gasteiger partial charge in [0.25, 0.3) is 0 Å². The van der Waals surface area contributed by atoms with Crippen molar-refractivity contribution in [3.8, 4) is 0 Å². The molecular weight excluding hydrogens is 179 g/mol. The van der Waals surface area contributed by atoms with Crippen LogP contribution < -0.4 is 0 Å². The van der Waals surface area contributed by atoms with Crippen LogP contribution in [0.2, 0.25) is 0 Å². The van der Waals surface area contributed by atoms with Crippen LogP contribution in [0.5, 0.6) is 0 Å². The van der Waals surface area contributed by atoms with Crippen molar-refractivity contribution >= 4 is 18.7 Å². The Bertz CT molecular complexity index is 201. The zero-order valence-electron chi connectivity index (χ0n) is 6.33. The van der Waals surface area contributed by atoms with Gasteiger partial charge in [0.15, 0.2) is 0 Å². The molecule has 60 valence electrons. The summed E-state index contributed by atoms with van der Waals surface area (Å²) in [5.41, 5.74) is 1.17. The highest BCUT2D eigenvalue weighted by molar-refractivity contribution is 7.79. The number of halogens is 1. The van der Waals surface area contributed by atoms with E-state index in [4.69, 9.17) is 15.8 Å². The zero-order chi connectivity index (χ0) is 8.10. The van der Waals surface area contributed by atoms with E-state index in [2.05, 4.69) is 0 Å². The second-order valence-electron chi connectivity index (χ2n) is 2.18. The highest BCUT2D eigenvalue weighted by Crippen LogP contribution is 2.38. The van der Waals surface area contributed by atoms with Crippen LogP contribution in [0, 0.1) is 0 Å². The van der Waals surface area contributed by atoms with Crippen molar-refractivity contribution in [3.63, 3.8) is 0 Å². The summed E-state index contributed by atoms with van der Waals surface area (Å²) in [6, 6.07) is 10.0. The number of hydrogen-bond acceptors (Lipinski definition) is 1. The molecule has 1 atom stereocenters. The Balaban J connectivity index is 2.39. The lowest BCUT2D eigenvalue weighted by Crippen LogP contribution is -1.83. The van der Waals surface area contributed by atoms with Crippen LogP contribution in [0.4, 0.5) is 0 Å². The van der Waals surface area contributed by atoms with E-state index in [0.29, 0.717) is 6.61 Å². The Hall–Kier alpha value is -0.100. The Kier molecular flexibility index (Phi) is 3.85. The number of hydrogen-bond donors (Lipinski definition) is 0. The van der Waals surface area contributed by atoms with Crippen molar-refractivity contribution in [2.75, 3.05) is 6.66 Å². The summed E-state index contributed by atoms with van der Waals surface area (Å²) in [7, 11) is -0.752. The Morgan fingerprint density at radius 1 is 1.36 bits per heavy atom. The molecule has 0 heterocycles. The van der Waals surface area contributed by atoms with E-state index in [1.54, 1.807) is 0 Å². The summed E-state index contributed by atoms with van der Waals surface area (Å²) in [6.45, 7) is 2.49. The smallest absolute Gasteiger partial charge is 0.121 e. The van der Waals surface area contributed by atoms with Gasteiger partial charge in [0.1, 0.15) is 7.50 Å². The first-order chi connectivity index (χ1) is 5.29. The summed E-state index contributed by atoms with van der Waals surface area (Å²) < 4.78 is 5.26. The maximum Gasteiger partial charge on any atom is 0.121 e. The van der Waals surface area contributed by atoms with Crippen LogP contribution in [-0.4, -0.2) is 6.66 Å². The molecule has 1 aromatic carbocycles. The lowest BCUT2D eigenvalue weighted by Gasteiger charge is -2.03. The van der Waals surface area contributed by atoms with Crippen molar-refractivity contribution < 1.29 is 4.52 Å². The molecule has 0 aromatic heterocycles. The summed E-state index contributed by atoms with van der Waals surface area (Å²) in [6.07, 6.45) is 0. The molecule has 1 rings (SSSR count). The first kappa shape index (κ1) is 8.99. The molecule has 0 saturated carbocycles. The Morgan fingerprint density at radius 2 is 2.00 bits per heavy atom. The van der Waals surface area contributed by atoms with Gasteiger partial charge in [0, 0.05) is 0 Å². The maximum absolute atomic E-state index is 5.67. The predicted octanol–water partition coefficient (Wildman–Crippen LogP) is 3.38. The maximum atomic E-state index is 5.67. The molecule has 0 N–H and O–H groups in total. The third kappa shape index (κ3) is 3.71. The average molecular weight is 189 g/mol. The molecule has 1 nitrogen and oxygen atoms in total. The van der Waals surface area contributed by atoms with Crippen LogP contribution in [0.3, 0.4) is 0 Å². The van der Waals surface area contributed by atoms with Crippen molar-refractivity contribution in [2.24, 2.45) is 0 Å². The van der Waals surface area contributed by atoms with Gasteiger partial charge in [0.05, 0.1) is 6.61 Å². The second-order valence-corrected chi connectivity index (χ2v) is 4.71. The molecule has 0 aliphatic carbocycles. The lowest BCUT2D eigenvalue weighted by atomic mass is 10.2. The van der Waals surface area contributed by atoms with E-state index in [1.807, 2.05) is 37.0 Å². The molecule has 0 radical (unpaired) electrons. The second kappa shape index (κ2) is 4.71. The van der Waals surface area contributed by atoms with Gasteiger partial charge in [-0.25, -0.2) is 0 Å². The van der Waals surface area contributed by atoms with Crippen molar-refractivity contribution in [2.45, 2.75) is 6.61 Å². The summed E-state index contributed by atoms with van der Waals surface area (Å²) in [4.78, 5) is 0. The topological polar surface area (TPSA) is 9.23 Å². The normalized spacial score (nSPS) is 12.9. The van der Waals surface area contributed by atoms with Gasteiger partial charge >= 0.3 is 0 Å². The fraction of sp³-hybridized carbons (Fsp3) is 0.250. The predicted molar refractivity (Wildman–Crippen MR) is 49.9 cm³/mol. The molecule has 0 aliphatic heterocycles. The molecule has 0 bridgehead atoms. The lowest BCUT2D eigenvalue weighted by molar-refractivity contribution is 0.351. The van der Waals surface area contributed by atoms with Gasteiger partial charge in [-0.3, -0.25) is 0 Å². The van der Waals surface area contributed by atoms with Crippen LogP contribution in [0.1, 0.15) is 5.56 Å². The van der Waals surface area contributed by atoms with Crippen LogP contribution in [0.15, 0.2) is 30.3 Å². The largest absolute Gasteiger partial charge is 0.339 e. The average Bonchev–Trinajstić information content (AvgIpc) is 2.03. The fourth-order valence-electron chi connectivity index (χ4n) is 0.738.